The lowest BCUT2D eigenvalue weighted by Crippen LogP contribution is -2.45. The Hall–Kier alpha value is -1.88. The highest BCUT2D eigenvalue weighted by molar-refractivity contribution is 5.88. The molecule has 19 heavy (non-hydrogen) atoms. The average molecular weight is 262 g/mol. The van der Waals surface area contributed by atoms with Gasteiger partial charge in [-0.2, -0.15) is 0 Å². The largest absolute Gasteiger partial charge is 0.480 e. The minimum absolute atomic E-state index is 0.238. The van der Waals surface area contributed by atoms with Gasteiger partial charge in [0, 0.05) is 13.1 Å². The summed E-state index contributed by atoms with van der Waals surface area (Å²) in [5.41, 5.74) is 3.20. The molecule has 1 aliphatic rings. The Balaban J connectivity index is 2.24. The van der Waals surface area contributed by atoms with Crippen LogP contribution in [-0.4, -0.2) is 29.6 Å². The molecule has 0 aromatic heterocycles. The van der Waals surface area contributed by atoms with Crippen LogP contribution in [0.2, 0.25) is 0 Å². The first-order valence-electron chi connectivity index (χ1n) is 6.33. The van der Waals surface area contributed by atoms with Crippen molar-refractivity contribution in [2.75, 3.05) is 6.54 Å². The Kier molecular flexibility index (Phi) is 3.85. The number of fused-ring (bicyclic) bond motifs is 1. The molecular formula is C14H18N2O3. The van der Waals surface area contributed by atoms with Crippen LogP contribution in [0.5, 0.6) is 0 Å². The van der Waals surface area contributed by atoms with E-state index in [1.807, 2.05) is 25.1 Å². The Morgan fingerprint density at radius 1 is 1.47 bits per heavy atom. The van der Waals surface area contributed by atoms with E-state index in [4.69, 9.17) is 5.11 Å². The van der Waals surface area contributed by atoms with Crippen molar-refractivity contribution in [3.63, 3.8) is 0 Å². The van der Waals surface area contributed by atoms with E-state index in [1.165, 1.54) is 6.92 Å². The fraction of sp³-hybridized carbons (Fsp3) is 0.429. The quantitative estimate of drug-likeness (QED) is 0.752. The van der Waals surface area contributed by atoms with Crippen LogP contribution in [0.1, 0.15) is 29.5 Å². The number of carbonyl (C=O) groups is 2. The summed E-state index contributed by atoms with van der Waals surface area (Å²) in [5, 5.41) is 14.6. The normalized spacial score (nSPS) is 19.4. The van der Waals surface area contributed by atoms with Crippen molar-refractivity contribution in [1.82, 2.24) is 10.6 Å². The van der Waals surface area contributed by atoms with Crippen LogP contribution in [0.15, 0.2) is 18.2 Å². The smallest absolute Gasteiger partial charge is 0.325 e. The molecule has 0 saturated carbocycles. The number of hydrogen-bond donors (Lipinski definition) is 3. The predicted molar refractivity (Wildman–Crippen MR) is 70.9 cm³/mol. The molecule has 0 bridgehead atoms. The Morgan fingerprint density at radius 3 is 2.89 bits per heavy atom. The van der Waals surface area contributed by atoms with Crippen LogP contribution in [-0.2, 0) is 16.1 Å². The predicted octanol–water partition coefficient (Wildman–Crippen LogP) is 0.771. The van der Waals surface area contributed by atoms with Crippen LogP contribution in [0, 0.1) is 6.92 Å². The third-order valence-electron chi connectivity index (χ3n) is 3.47. The molecule has 5 nitrogen and oxygen atoms in total. The van der Waals surface area contributed by atoms with Gasteiger partial charge in [-0.1, -0.05) is 18.2 Å². The molecule has 1 aromatic rings. The first kappa shape index (κ1) is 13.5. The number of aliphatic carboxylic acids is 1. The number of carboxylic acids is 1. The van der Waals surface area contributed by atoms with Gasteiger partial charge in [-0.15, -0.1) is 0 Å². The summed E-state index contributed by atoms with van der Waals surface area (Å²) >= 11 is 0. The van der Waals surface area contributed by atoms with Gasteiger partial charge in [-0.25, -0.2) is 0 Å². The number of carbonyl (C=O) groups excluding carboxylic acids is 1. The lowest BCUT2D eigenvalue weighted by atomic mass is 9.86. The molecule has 0 spiro atoms. The average Bonchev–Trinajstić information content (AvgIpc) is 2.38. The molecule has 0 aliphatic carbocycles. The fourth-order valence-corrected chi connectivity index (χ4v) is 2.45. The molecular weight excluding hydrogens is 244 g/mol. The third-order valence-corrected chi connectivity index (χ3v) is 3.47. The molecule has 0 saturated heterocycles. The van der Waals surface area contributed by atoms with E-state index in [1.54, 1.807) is 0 Å². The maximum Gasteiger partial charge on any atom is 0.325 e. The van der Waals surface area contributed by atoms with Gasteiger partial charge in [-0.3, -0.25) is 9.59 Å². The highest BCUT2D eigenvalue weighted by Gasteiger charge is 2.29. The Labute approximate surface area is 112 Å². The molecule has 1 aromatic carbocycles. The Morgan fingerprint density at radius 2 is 2.21 bits per heavy atom. The van der Waals surface area contributed by atoms with Crippen LogP contribution in [0.25, 0.3) is 0 Å². The lowest BCUT2D eigenvalue weighted by Gasteiger charge is -2.28. The molecule has 1 heterocycles. The van der Waals surface area contributed by atoms with Crippen molar-refractivity contribution in [2.45, 2.75) is 32.4 Å². The highest BCUT2D eigenvalue weighted by atomic mass is 16.4. The topological polar surface area (TPSA) is 78.4 Å². The maximum atomic E-state index is 12.2. The van der Waals surface area contributed by atoms with Gasteiger partial charge in [0.2, 0.25) is 5.91 Å². The van der Waals surface area contributed by atoms with E-state index < -0.39 is 12.0 Å². The summed E-state index contributed by atoms with van der Waals surface area (Å²) in [7, 11) is 0. The highest BCUT2D eigenvalue weighted by Crippen LogP contribution is 2.27. The van der Waals surface area contributed by atoms with E-state index in [-0.39, 0.29) is 11.8 Å². The van der Waals surface area contributed by atoms with Crippen molar-refractivity contribution in [1.29, 1.82) is 0 Å². The van der Waals surface area contributed by atoms with E-state index in [0.717, 1.165) is 23.2 Å². The van der Waals surface area contributed by atoms with Gasteiger partial charge in [0.1, 0.15) is 6.04 Å². The standard InChI is InChI=1S/C14H18N2O3/c1-8-4-3-5-10-6-15-7-11(12(8)10)13(17)16-9(2)14(18)19/h3-5,9,11,15H,6-7H2,1-2H3,(H,16,17)(H,18,19). The summed E-state index contributed by atoms with van der Waals surface area (Å²) in [5.74, 6) is -1.59. The van der Waals surface area contributed by atoms with Gasteiger partial charge >= 0.3 is 5.97 Å². The van der Waals surface area contributed by atoms with Crippen molar-refractivity contribution >= 4 is 11.9 Å². The van der Waals surface area contributed by atoms with Crippen LogP contribution >= 0.6 is 0 Å². The lowest BCUT2D eigenvalue weighted by molar-refractivity contribution is -0.141. The van der Waals surface area contributed by atoms with Gasteiger partial charge in [0.15, 0.2) is 0 Å². The van der Waals surface area contributed by atoms with Crippen molar-refractivity contribution in [3.8, 4) is 0 Å². The first-order chi connectivity index (χ1) is 9.00. The van der Waals surface area contributed by atoms with E-state index >= 15 is 0 Å². The Bertz CT molecular complexity index is 513. The maximum absolute atomic E-state index is 12.2. The molecule has 1 aliphatic heterocycles. The fourth-order valence-electron chi connectivity index (χ4n) is 2.45. The van der Waals surface area contributed by atoms with E-state index in [0.29, 0.717) is 6.54 Å². The van der Waals surface area contributed by atoms with E-state index in [9.17, 15) is 9.59 Å². The summed E-state index contributed by atoms with van der Waals surface area (Å²) < 4.78 is 0. The van der Waals surface area contributed by atoms with Gasteiger partial charge in [0.05, 0.1) is 5.92 Å². The zero-order valence-corrected chi connectivity index (χ0v) is 11.1. The minimum atomic E-state index is -1.03. The van der Waals surface area contributed by atoms with Crippen molar-refractivity contribution in [3.05, 3.63) is 34.9 Å². The summed E-state index contributed by atoms with van der Waals surface area (Å²) in [6.45, 7) is 4.73. The van der Waals surface area contributed by atoms with Crippen LogP contribution in [0.3, 0.4) is 0 Å². The van der Waals surface area contributed by atoms with Gasteiger partial charge in [-0.05, 0) is 30.5 Å². The zero-order chi connectivity index (χ0) is 14.0. The number of nitrogens with one attached hydrogen (secondary N) is 2. The number of aryl methyl sites for hydroxylation is 1. The molecule has 102 valence electrons. The zero-order valence-electron chi connectivity index (χ0n) is 11.1. The molecule has 2 atom stereocenters. The second kappa shape index (κ2) is 5.40. The van der Waals surface area contributed by atoms with E-state index in [2.05, 4.69) is 10.6 Å². The van der Waals surface area contributed by atoms with Gasteiger partial charge < -0.3 is 15.7 Å². The second-order valence-corrected chi connectivity index (χ2v) is 4.90. The van der Waals surface area contributed by atoms with Crippen LogP contribution < -0.4 is 10.6 Å². The SMILES string of the molecule is Cc1cccc2c1C(C(=O)NC(C)C(=O)O)CNC2. The number of hydrogen-bond acceptors (Lipinski definition) is 3. The molecule has 0 fully saturated rings. The number of rotatable bonds is 3. The number of amides is 1. The summed E-state index contributed by atoms with van der Waals surface area (Å²) in [6.07, 6.45) is 0. The molecule has 3 N–H and O–H groups in total. The monoisotopic (exact) mass is 262 g/mol. The number of carboxylic acid groups (broad SMARTS) is 1. The molecule has 1 amide bonds. The second-order valence-electron chi connectivity index (χ2n) is 4.90. The van der Waals surface area contributed by atoms with Crippen molar-refractivity contribution in [2.24, 2.45) is 0 Å². The molecule has 2 rings (SSSR count). The molecule has 0 radical (unpaired) electrons. The van der Waals surface area contributed by atoms with Crippen LogP contribution in [0.4, 0.5) is 0 Å². The van der Waals surface area contributed by atoms with Crippen molar-refractivity contribution < 1.29 is 14.7 Å². The first-order valence-corrected chi connectivity index (χ1v) is 6.33. The third kappa shape index (κ3) is 2.76. The molecule has 5 heteroatoms. The summed E-state index contributed by atoms with van der Waals surface area (Å²) in [6, 6.07) is 5.07. The number of benzene rings is 1. The van der Waals surface area contributed by atoms with Gasteiger partial charge in [0.25, 0.3) is 0 Å². The molecule has 2 unspecified atom stereocenters. The minimum Gasteiger partial charge on any atom is -0.480 e. The summed E-state index contributed by atoms with van der Waals surface area (Å²) in [4.78, 5) is 23.0.